The lowest BCUT2D eigenvalue weighted by Gasteiger charge is -2.37. The molecule has 0 aliphatic carbocycles. The molecule has 1 amide bonds. The summed E-state index contributed by atoms with van der Waals surface area (Å²) in [4.78, 5) is 24.2. The third kappa shape index (κ3) is 4.43. The van der Waals surface area contributed by atoms with Gasteiger partial charge in [0.05, 0.1) is 19.3 Å². The standard InChI is InChI=1S/C15H19ClN2O4/c1-10-9-22-13(11-4-2-3-5-12(11)16)7-18(10)8-14(19)17-6-15(20)21/h2-5,10,13H,6-9H2,1H3,(H,17,19)(H,20,21)/t10-,13-/m1/s1. The van der Waals surface area contributed by atoms with Gasteiger partial charge in [0.1, 0.15) is 6.54 Å². The van der Waals surface area contributed by atoms with Gasteiger partial charge in [-0.2, -0.15) is 0 Å². The number of carbonyl (C=O) groups is 2. The summed E-state index contributed by atoms with van der Waals surface area (Å²) in [7, 11) is 0. The summed E-state index contributed by atoms with van der Waals surface area (Å²) in [6.07, 6.45) is -0.197. The second-order valence-corrected chi connectivity index (χ2v) is 5.70. The van der Waals surface area contributed by atoms with Gasteiger partial charge < -0.3 is 15.2 Å². The summed E-state index contributed by atoms with van der Waals surface area (Å²) in [5, 5.41) is 11.6. The molecule has 1 saturated heterocycles. The minimum Gasteiger partial charge on any atom is -0.480 e. The Hall–Kier alpha value is -1.63. The molecule has 6 nitrogen and oxygen atoms in total. The number of halogens is 1. The van der Waals surface area contributed by atoms with Crippen LogP contribution in [0, 0.1) is 0 Å². The molecule has 2 atom stereocenters. The van der Waals surface area contributed by atoms with Crippen LogP contribution in [0.25, 0.3) is 0 Å². The van der Waals surface area contributed by atoms with Gasteiger partial charge in [0.15, 0.2) is 0 Å². The van der Waals surface area contributed by atoms with Crippen LogP contribution < -0.4 is 5.32 Å². The van der Waals surface area contributed by atoms with Crippen molar-refractivity contribution in [2.45, 2.75) is 19.1 Å². The molecule has 0 aromatic heterocycles. The first-order valence-electron chi connectivity index (χ1n) is 7.06. The molecule has 0 bridgehead atoms. The number of ether oxygens (including phenoxy) is 1. The van der Waals surface area contributed by atoms with Crippen molar-refractivity contribution in [2.24, 2.45) is 0 Å². The summed E-state index contributed by atoms with van der Waals surface area (Å²) in [6.45, 7) is 2.76. The van der Waals surface area contributed by atoms with E-state index in [0.717, 1.165) is 5.56 Å². The SMILES string of the molecule is C[C@@H]1CO[C@@H](c2ccccc2Cl)CN1CC(=O)NCC(=O)O. The van der Waals surface area contributed by atoms with Crippen molar-refractivity contribution >= 4 is 23.5 Å². The second kappa shape index (κ2) is 7.58. The lowest BCUT2D eigenvalue weighted by molar-refractivity contribution is -0.138. The number of aliphatic carboxylic acids is 1. The molecule has 1 aromatic rings. The summed E-state index contributed by atoms with van der Waals surface area (Å²) >= 11 is 6.19. The number of benzene rings is 1. The van der Waals surface area contributed by atoms with E-state index in [1.165, 1.54) is 0 Å². The maximum atomic E-state index is 11.8. The molecule has 0 spiro atoms. The molecule has 7 heteroatoms. The minimum absolute atomic E-state index is 0.0781. The summed E-state index contributed by atoms with van der Waals surface area (Å²) < 4.78 is 5.82. The third-order valence-electron chi connectivity index (χ3n) is 3.60. The van der Waals surface area contributed by atoms with Crippen molar-refractivity contribution in [3.05, 3.63) is 34.9 Å². The Kier molecular flexibility index (Phi) is 5.76. The average Bonchev–Trinajstić information content (AvgIpc) is 2.48. The average molecular weight is 327 g/mol. The fourth-order valence-corrected chi connectivity index (χ4v) is 2.62. The largest absolute Gasteiger partial charge is 0.480 e. The predicted octanol–water partition coefficient (Wildman–Crippen LogP) is 1.30. The number of morpholine rings is 1. The summed E-state index contributed by atoms with van der Waals surface area (Å²) in [5.74, 6) is -1.37. The Bertz CT molecular complexity index is 552. The van der Waals surface area contributed by atoms with E-state index in [0.29, 0.717) is 18.2 Å². The molecule has 1 aromatic carbocycles. The number of amides is 1. The number of carboxylic acid groups (broad SMARTS) is 1. The molecule has 0 saturated carbocycles. The zero-order valence-electron chi connectivity index (χ0n) is 12.3. The van der Waals surface area contributed by atoms with Crippen LogP contribution in [0.1, 0.15) is 18.6 Å². The Morgan fingerprint density at radius 2 is 2.18 bits per heavy atom. The van der Waals surface area contributed by atoms with Gasteiger partial charge in [0, 0.05) is 23.2 Å². The van der Waals surface area contributed by atoms with Crippen molar-refractivity contribution in [2.75, 3.05) is 26.2 Å². The van der Waals surface area contributed by atoms with E-state index in [9.17, 15) is 9.59 Å². The van der Waals surface area contributed by atoms with Gasteiger partial charge in [-0.05, 0) is 13.0 Å². The van der Waals surface area contributed by atoms with Crippen molar-refractivity contribution in [1.29, 1.82) is 0 Å². The molecule has 1 aliphatic rings. The number of hydrogen-bond acceptors (Lipinski definition) is 4. The number of rotatable bonds is 5. The Balaban J connectivity index is 1.98. The van der Waals surface area contributed by atoms with Crippen LogP contribution in [0.5, 0.6) is 0 Å². The van der Waals surface area contributed by atoms with Crippen LogP contribution in [0.15, 0.2) is 24.3 Å². The molecule has 1 heterocycles. The molecule has 120 valence electrons. The smallest absolute Gasteiger partial charge is 0.322 e. The van der Waals surface area contributed by atoms with Gasteiger partial charge in [-0.15, -0.1) is 0 Å². The fraction of sp³-hybridized carbons (Fsp3) is 0.467. The first-order valence-corrected chi connectivity index (χ1v) is 7.43. The van der Waals surface area contributed by atoms with E-state index in [1.807, 2.05) is 36.1 Å². The number of hydrogen-bond donors (Lipinski definition) is 2. The Morgan fingerprint density at radius 1 is 1.45 bits per heavy atom. The summed E-state index contributed by atoms with van der Waals surface area (Å²) in [6, 6.07) is 7.55. The molecule has 1 fully saturated rings. The molecular formula is C15H19ClN2O4. The first-order chi connectivity index (χ1) is 10.5. The molecular weight excluding hydrogens is 308 g/mol. The highest BCUT2D eigenvalue weighted by atomic mass is 35.5. The molecule has 2 N–H and O–H groups in total. The van der Waals surface area contributed by atoms with Crippen LogP contribution in [0.4, 0.5) is 0 Å². The van der Waals surface area contributed by atoms with Crippen molar-refractivity contribution < 1.29 is 19.4 Å². The molecule has 2 rings (SSSR count). The predicted molar refractivity (Wildman–Crippen MR) is 81.8 cm³/mol. The van der Waals surface area contributed by atoms with Gasteiger partial charge in [0.2, 0.25) is 5.91 Å². The van der Waals surface area contributed by atoms with E-state index in [4.69, 9.17) is 21.4 Å². The maximum Gasteiger partial charge on any atom is 0.322 e. The van der Waals surface area contributed by atoms with Crippen molar-refractivity contribution in [3.8, 4) is 0 Å². The monoisotopic (exact) mass is 326 g/mol. The van der Waals surface area contributed by atoms with Crippen LogP contribution in [0.3, 0.4) is 0 Å². The molecule has 0 unspecified atom stereocenters. The normalized spacial score (nSPS) is 22.3. The summed E-state index contributed by atoms with van der Waals surface area (Å²) in [5.41, 5.74) is 0.895. The van der Waals surface area contributed by atoms with Gasteiger partial charge >= 0.3 is 5.97 Å². The van der Waals surface area contributed by atoms with Gasteiger partial charge in [0.25, 0.3) is 0 Å². The zero-order valence-corrected chi connectivity index (χ0v) is 13.0. The second-order valence-electron chi connectivity index (χ2n) is 5.29. The Labute approximate surface area is 134 Å². The molecule has 0 radical (unpaired) electrons. The minimum atomic E-state index is -1.06. The fourth-order valence-electron chi connectivity index (χ4n) is 2.37. The van der Waals surface area contributed by atoms with E-state index < -0.39 is 5.97 Å². The van der Waals surface area contributed by atoms with E-state index in [-0.39, 0.29) is 31.1 Å². The van der Waals surface area contributed by atoms with Crippen LogP contribution in [-0.2, 0) is 14.3 Å². The zero-order chi connectivity index (χ0) is 16.1. The number of nitrogens with one attached hydrogen (secondary N) is 1. The number of carbonyl (C=O) groups excluding carboxylic acids is 1. The highest BCUT2D eigenvalue weighted by Gasteiger charge is 2.29. The maximum absolute atomic E-state index is 11.8. The van der Waals surface area contributed by atoms with Crippen molar-refractivity contribution in [1.82, 2.24) is 10.2 Å². The third-order valence-corrected chi connectivity index (χ3v) is 3.94. The lowest BCUT2D eigenvalue weighted by Crippen LogP contribution is -2.49. The van der Waals surface area contributed by atoms with Crippen LogP contribution >= 0.6 is 11.6 Å². The van der Waals surface area contributed by atoms with Crippen LogP contribution in [-0.4, -0.2) is 54.2 Å². The number of nitrogens with zero attached hydrogens (tertiary/aromatic N) is 1. The Morgan fingerprint density at radius 3 is 2.86 bits per heavy atom. The van der Waals surface area contributed by atoms with Crippen LogP contribution in [0.2, 0.25) is 5.02 Å². The number of carboxylic acids is 1. The molecule has 22 heavy (non-hydrogen) atoms. The quantitative estimate of drug-likeness (QED) is 0.852. The highest BCUT2D eigenvalue weighted by Crippen LogP contribution is 2.29. The van der Waals surface area contributed by atoms with Gasteiger partial charge in [-0.25, -0.2) is 0 Å². The lowest BCUT2D eigenvalue weighted by atomic mass is 10.1. The topological polar surface area (TPSA) is 78.9 Å². The van der Waals surface area contributed by atoms with E-state index >= 15 is 0 Å². The van der Waals surface area contributed by atoms with E-state index in [2.05, 4.69) is 5.32 Å². The van der Waals surface area contributed by atoms with E-state index in [1.54, 1.807) is 0 Å². The first kappa shape index (κ1) is 16.7. The van der Waals surface area contributed by atoms with Crippen molar-refractivity contribution in [3.63, 3.8) is 0 Å². The van der Waals surface area contributed by atoms with Gasteiger partial charge in [-0.1, -0.05) is 29.8 Å². The van der Waals surface area contributed by atoms with Gasteiger partial charge in [-0.3, -0.25) is 14.5 Å². The highest BCUT2D eigenvalue weighted by molar-refractivity contribution is 6.31. The molecule has 1 aliphatic heterocycles.